The van der Waals surface area contributed by atoms with Crippen LogP contribution < -0.4 is 4.74 Å². The molecule has 1 N–H and O–H groups in total. The van der Waals surface area contributed by atoms with E-state index in [1.54, 1.807) is 23.1 Å². The number of hydrogen-bond donors (Lipinski definition) is 1. The number of benzene rings is 1. The lowest BCUT2D eigenvalue weighted by molar-refractivity contribution is -0.138. The van der Waals surface area contributed by atoms with Crippen molar-refractivity contribution in [2.45, 2.75) is 32.8 Å². The number of carbonyl (C=O) groups is 2. The molecule has 5 nitrogen and oxygen atoms in total. The topological polar surface area (TPSA) is 66.8 Å². The van der Waals surface area contributed by atoms with Crippen molar-refractivity contribution < 1.29 is 19.4 Å². The second-order valence-corrected chi connectivity index (χ2v) is 5.70. The van der Waals surface area contributed by atoms with Gasteiger partial charge in [-0.15, -0.1) is 0 Å². The lowest BCUT2D eigenvalue weighted by Crippen LogP contribution is -2.29. The fraction of sp³-hybridized carbons (Fsp3) is 0.500. The monoisotopic (exact) mass is 291 g/mol. The molecule has 1 aromatic rings. The molecular weight excluding hydrogens is 270 g/mol. The highest BCUT2D eigenvalue weighted by atomic mass is 16.5. The molecule has 0 saturated carbocycles. The van der Waals surface area contributed by atoms with Crippen LogP contribution in [0.2, 0.25) is 0 Å². The maximum Gasteiger partial charge on any atom is 0.303 e. The van der Waals surface area contributed by atoms with Crippen LogP contribution in [0.1, 0.15) is 37.0 Å². The van der Waals surface area contributed by atoms with Gasteiger partial charge in [0, 0.05) is 25.1 Å². The van der Waals surface area contributed by atoms with Gasteiger partial charge in [-0.1, -0.05) is 6.07 Å². The minimum absolute atomic E-state index is 0.0570. The number of hydrogen-bond acceptors (Lipinski definition) is 3. The van der Waals surface area contributed by atoms with Crippen molar-refractivity contribution in [3.8, 4) is 5.75 Å². The maximum absolute atomic E-state index is 12.4. The van der Waals surface area contributed by atoms with Crippen molar-refractivity contribution in [2.24, 2.45) is 5.92 Å². The molecule has 21 heavy (non-hydrogen) atoms. The molecule has 0 radical (unpaired) electrons. The number of ether oxygens (including phenoxy) is 1. The van der Waals surface area contributed by atoms with Crippen LogP contribution in [0.5, 0.6) is 5.75 Å². The molecule has 1 aliphatic rings. The van der Waals surface area contributed by atoms with E-state index in [4.69, 9.17) is 9.84 Å². The zero-order valence-electron chi connectivity index (χ0n) is 12.4. The Kier molecular flexibility index (Phi) is 4.83. The SMILES string of the molecule is CC(C)Oc1cccc(C(=O)N2CCC(CC(=O)O)C2)c1. The molecule has 1 atom stereocenters. The fourth-order valence-corrected chi connectivity index (χ4v) is 2.59. The van der Waals surface area contributed by atoms with Crippen molar-refractivity contribution >= 4 is 11.9 Å². The number of carbonyl (C=O) groups excluding carboxylic acids is 1. The van der Waals surface area contributed by atoms with Gasteiger partial charge in [-0.2, -0.15) is 0 Å². The Morgan fingerprint density at radius 3 is 2.86 bits per heavy atom. The summed E-state index contributed by atoms with van der Waals surface area (Å²) in [6.45, 7) is 5.00. The number of nitrogens with zero attached hydrogens (tertiary/aromatic N) is 1. The first-order valence-electron chi connectivity index (χ1n) is 7.23. The summed E-state index contributed by atoms with van der Waals surface area (Å²) >= 11 is 0. The summed E-state index contributed by atoms with van der Waals surface area (Å²) in [7, 11) is 0. The van der Waals surface area contributed by atoms with Gasteiger partial charge in [0.05, 0.1) is 6.10 Å². The Bertz CT molecular complexity index is 527. The van der Waals surface area contributed by atoms with E-state index in [9.17, 15) is 9.59 Å². The molecule has 1 aliphatic heterocycles. The summed E-state index contributed by atoms with van der Waals surface area (Å²) in [6.07, 6.45) is 0.933. The first-order chi connectivity index (χ1) is 9.95. The molecular formula is C16H21NO4. The summed E-state index contributed by atoms with van der Waals surface area (Å²) in [5.41, 5.74) is 0.587. The summed E-state index contributed by atoms with van der Waals surface area (Å²) < 4.78 is 5.59. The van der Waals surface area contributed by atoms with E-state index in [1.165, 1.54) is 0 Å². The normalized spacial score (nSPS) is 18.0. The Hall–Kier alpha value is -2.04. The van der Waals surface area contributed by atoms with E-state index in [0.29, 0.717) is 24.4 Å². The van der Waals surface area contributed by atoms with Crippen LogP contribution in [0.25, 0.3) is 0 Å². The first-order valence-corrected chi connectivity index (χ1v) is 7.23. The first kappa shape index (κ1) is 15.4. The van der Waals surface area contributed by atoms with Crippen molar-refractivity contribution in [3.05, 3.63) is 29.8 Å². The van der Waals surface area contributed by atoms with Gasteiger partial charge in [0.2, 0.25) is 0 Å². The highest BCUT2D eigenvalue weighted by Gasteiger charge is 2.28. The number of carboxylic acid groups (broad SMARTS) is 1. The van der Waals surface area contributed by atoms with Crippen molar-refractivity contribution in [3.63, 3.8) is 0 Å². The van der Waals surface area contributed by atoms with E-state index in [1.807, 2.05) is 19.9 Å². The molecule has 0 aromatic heterocycles. The van der Waals surface area contributed by atoms with Gasteiger partial charge in [-0.05, 0) is 44.4 Å². The highest BCUT2D eigenvalue weighted by molar-refractivity contribution is 5.94. The molecule has 1 saturated heterocycles. The lowest BCUT2D eigenvalue weighted by atomic mass is 10.1. The lowest BCUT2D eigenvalue weighted by Gasteiger charge is -2.17. The second kappa shape index (κ2) is 6.61. The molecule has 5 heteroatoms. The van der Waals surface area contributed by atoms with Gasteiger partial charge < -0.3 is 14.7 Å². The number of rotatable bonds is 5. The van der Waals surface area contributed by atoms with Crippen LogP contribution >= 0.6 is 0 Å². The quantitative estimate of drug-likeness (QED) is 0.904. The summed E-state index contributed by atoms with van der Waals surface area (Å²) in [5, 5.41) is 8.82. The summed E-state index contributed by atoms with van der Waals surface area (Å²) in [4.78, 5) is 24.9. The number of carboxylic acids is 1. The van der Waals surface area contributed by atoms with Gasteiger partial charge in [0.1, 0.15) is 5.75 Å². The molecule has 0 bridgehead atoms. The molecule has 1 fully saturated rings. The van der Waals surface area contributed by atoms with Gasteiger partial charge in [-0.25, -0.2) is 0 Å². The number of amides is 1. The Morgan fingerprint density at radius 1 is 1.43 bits per heavy atom. The van der Waals surface area contributed by atoms with E-state index in [0.717, 1.165) is 6.42 Å². The average Bonchev–Trinajstić information content (AvgIpc) is 2.85. The van der Waals surface area contributed by atoms with Gasteiger partial charge in [0.15, 0.2) is 0 Å². The Balaban J connectivity index is 2.02. The maximum atomic E-state index is 12.4. The number of aliphatic carboxylic acids is 1. The highest BCUT2D eigenvalue weighted by Crippen LogP contribution is 2.23. The van der Waals surface area contributed by atoms with E-state index in [2.05, 4.69) is 0 Å². The van der Waals surface area contributed by atoms with Gasteiger partial charge in [-0.3, -0.25) is 9.59 Å². The standard InChI is InChI=1S/C16H21NO4/c1-11(2)21-14-5-3-4-13(9-14)16(20)17-7-6-12(10-17)8-15(18)19/h3-5,9,11-12H,6-8,10H2,1-2H3,(H,18,19). The van der Waals surface area contributed by atoms with E-state index in [-0.39, 0.29) is 24.3 Å². The smallest absolute Gasteiger partial charge is 0.303 e. The second-order valence-electron chi connectivity index (χ2n) is 5.70. The molecule has 0 spiro atoms. The van der Waals surface area contributed by atoms with Crippen LogP contribution in [0, 0.1) is 5.92 Å². The van der Waals surface area contributed by atoms with Crippen LogP contribution in [-0.4, -0.2) is 41.1 Å². The minimum Gasteiger partial charge on any atom is -0.491 e. The molecule has 1 unspecified atom stereocenters. The summed E-state index contributed by atoms with van der Waals surface area (Å²) in [5.74, 6) is -0.127. The van der Waals surface area contributed by atoms with E-state index >= 15 is 0 Å². The predicted molar refractivity (Wildman–Crippen MR) is 78.5 cm³/mol. The van der Waals surface area contributed by atoms with Crippen molar-refractivity contribution in [2.75, 3.05) is 13.1 Å². The zero-order valence-corrected chi connectivity index (χ0v) is 12.4. The van der Waals surface area contributed by atoms with Gasteiger partial charge >= 0.3 is 5.97 Å². The third-order valence-corrected chi connectivity index (χ3v) is 3.49. The average molecular weight is 291 g/mol. The minimum atomic E-state index is -0.804. The molecule has 2 rings (SSSR count). The third-order valence-electron chi connectivity index (χ3n) is 3.49. The Morgan fingerprint density at radius 2 is 2.19 bits per heavy atom. The van der Waals surface area contributed by atoms with Crippen LogP contribution in [-0.2, 0) is 4.79 Å². The molecule has 114 valence electrons. The van der Waals surface area contributed by atoms with Crippen molar-refractivity contribution in [1.29, 1.82) is 0 Å². The third kappa shape index (κ3) is 4.21. The van der Waals surface area contributed by atoms with Crippen LogP contribution in [0.15, 0.2) is 24.3 Å². The molecule has 1 amide bonds. The number of likely N-dealkylation sites (tertiary alicyclic amines) is 1. The van der Waals surface area contributed by atoms with E-state index < -0.39 is 5.97 Å². The predicted octanol–water partition coefficient (Wildman–Crippen LogP) is 2.41. The summed E-state index contributed by atoms with van der Waals surface area (Å²) in [6, 6.07) is 7.14. The molecule has 0 aliphatic carbocycles. The fourth-order valence-electron chi connectivity index (χ4n) is 2.59. The zero-order chi connectivity index (χ0) is 15.4. The molecule has 1 heterocycles. The van der Waals surface area contributed by atoms with Gasteiger partial charge in [0.25, 0.3) is 5.91 Å². The largest absolute Gasteiger partial charge is 0.491 e. The van der Waals surface area contributed by atoms with Crippen LogP contribution in [0.4, 0.5) is 0 Å². The van der Waals surface area contributed by atoms with Crippen molar-refractivity contribution in [1.82, 2.24) is 4.90 Å². The van der Waals surface area contributed by atoms with Crippen LogP contribution in [0.3, 0.4) is 0 Å². The Labute approximate surface area is 124 Å². The molecule has 1 aromatic carbocycles.